The molecule has 0 aliphatic rings. The lowest BCUT2D eigenvalue weighted by molar-refractivity contribution is 0.284. The zero-order valence-electron chi connectivity index (χ0n) is 11.6. The number of sulfone groups is 1. The molecule has 4 N–H and O–H groups in total. The van der Waals surface area contributed by atoms with Crippen LogP contribution in [0.4, 0.5) is 0 Å². The summed E-state index contributed by atoms with van der Waals surface area (Å²) < 4.78 is 88.9. The average Bonchev–Trinajstić information content (AvgIpc) is 2.36. The van der Waals surface area contributed by atoms with Crippen LogP contribution in [0.2, 0.25) is 0 Å². The van der Waals surface area contributed by atoms with Crippen molar-refractivity contribution in [1.29, 1.82) is 0 Å². The summed E-state index contributed by atoms with van der Waals surface area (Å²) in [6.07, 6.45) is 0.0985. The Kier molecular flexibility index (Phi) is 6.25. The van der Waals surface area contributed by atoms with E-state index in [0.29, 0.717) is 0 Å². The molecule has 0 aromatic heterocycles. The van der Waals surface area contributed by atoms with E-state index in [9.17, 15) is 25.3 Å². The van der Waals surface area contributed by atoms with Gasteiger partial charge in [0.1, 0.15) is 0 Å². The maximum absolute atomic E-state index is 12.0. The highest BCUT2D eigenvalue weighted by Gasteiger charge is 2.22. The van der Waals surface area contributed by atoms with Gasteiger partial charge in [0.25, 0.3) is 10.1 Å². The lowest BCUT2D eigenvalue weighted by Gasteiger charge is -2.09. The van der Waals surface area contributed by atoms with E-state index in [2.05, 4.69) is 4.18 Å². The highest BCUT2D eigenvalue weighted by atomic mass is 32.3. The molecular weight excluding hydrogens is 374 g/mol. The predicted octanol–water partition coefficient (Wildman–Crippen LogP) is -0.972. The van der Waals surface area contributed by atoms with Crippen LogP contribution in [-0.4, -0.2) is 53.3 Å². The number of hydrogen-bond donors (Lipinski definition) is 3. The van der Waals surface area contributed by atoms with Crippen LogP contribution in [-0.2, 0) is 41.0 Å². The van der Waals surface area contributed by atoms with E-state index in [4.69, 9.17) is 14.8 Å². The van der Waals surface area contributed by atoms with Crippen LogP contribution in [0, 0.1) is 0 Å². The third kappa shape index (κ3) is 6.14. The molecule has 0 bridgehead atoms. The molecule has 0 saturated carbocycles. The molecule has 0 amide bonds. The topological polar surface area (TPSA) is 178 Å². The van der Waals surface area contributed by atoms with Crippen LogP contribution in [0.1, 0.15) is 5.56 Å². The van der Waals surface area contributed by atoms with Crippen LogP contribution < -0.4 is 5.73 Å². The van der Waals surface area contributed by atoms with Crippen molar-refractivity contribution in [2.24, 2.45) is 5.73 Å². The second-order valence-electron chi connectivity index (χ2n) is 4.35. The fourth-order valence-corrected chi connectivity index (χ4v) is 4.06. The lowest BCUT2D eigenvalue weighted by atomic mass is 10.1. The van der Waals surface area contributed by atoms with Crippen molar-refractivity contribution >= 4 is 30.4 Å². The molecule has 0 fully saturated rings. The quantitative estimate of drug-likeness (QED) is 0.468. The molecule has 0 saturated heterocycles. The molecule has 1 aromatic rings. The van der Waals surface area contributed by atoms with Crippen molar-refractivity contribution in [2.75, 3.05) is 18.9 Å². The zero-order valence-corrected chi connectivity index (χ0v) is 14.1. The van der Waals surface area contributed by atoms with Gasteiger partial charge in [-0.15, -0.1) is 0 Å². The molecule has 0 aliphatic carbocycles. The van der Waals surface area contributed by atoms with Crippen molar-refractivity contribution in [3.8, 4) is 0 Å². The number of rotatable bonds is 8. The Bertz CT molecular complexity index is 872. The predicted molar refractivity (Wildman–Crippen MR) is 78.6 cm³/mol. The van der Waals surface area contributed by atoms with E-state index >= 15 is 0 Å². The SMILES string of the molecule is NCCc1ccc(S(=O)(=O)CCOS(=O)(=O)O)cc1S(=O)(=O)O. The van der Waals surface area contributed by atoms with Crippen molar-refractivity contribution in [3.63, 3.8) is 0 Å². The van der Waals surface area contributed by atoms with Gasteiger partial charge in [0, 0.05) is 0 Å². The standard InChI is InChI=1S/C10H15NO9S3/c11-4-3-8-1-2-9(7-10(8)22(14,15)16)21(12,13)6-5-20-23(17,18)19/h1-2,7H,3-6,11H2,(H,14,15,16)(H,17,18,19). The molecule has 10 nitrogen and oxygen atoms in total. The summed E-state index contributed by atoms with van der Waals surface area (Å²) in [6, 6.07) is 3.04. The first-order chi connectivity index (χ1) is 10.4. The Morgan fingerprint density at radius 2 is 1.65 bits per heavy atom. The van der Waals surface area contributed by atoms with E-state index in [-0.39, 0.29) is 18.5 Å². The van der Waals surface area contributed by atoms with Gasteiger partial charge in [-0.3, -0.25) is 9.11 Å². The Labute approximate surface area is 133 Å². The monoisotopic (exact) mass is 389 g/mol. The van der Waals surface area contributed by atoms with Crippen LogP contribution in [0.25, 0.3) is 0 Å². The van der Waals surface area contributed by atoms with Gasteiger partial charge in [0.15, 0.2) is 9.84 Å². The first-order valence-electron chi connectivity index (χ1n) is 6.02. The molecule has 0 atom stereocenters. The van der Waals surface area contributed by atoms with Gasteiger partial charge in [-0.2, -0.15) is 16.8 Å². The molecule has 0 spiro atoms. The van der Waals surface area contributed by atoms with Crippen molar-refractivity contribution < 1.29 is 38.5 Å². The molecule has 0 heterocycles. The van der Waals surface area contributed by atoms with E-state index in [1.165, 1.54) is 6.07 Å². The maximum Gasteiger partial charge on any atom is 0.397 e. The van der Waals surface area contributed by atoms with Gasteiger partial charge in [0.2, 0.25) is 0 Å². The minimum Gasteiger partial charge on any atom is -0.330 e. The second-order valence-corrected chi connectivity index (χ2v) is 8.94. The largest absolute Gasteiger partial charge is 0.397 e. The summed E-state index contributed by atoms with van der Waals surface area (Å²) in [5.74, 6) is -0.825. The average molecular weight is 389 g/mol. The smallest absolute Gasteiger partial charge is 0.330 e. The summed E-state index contributed by atoms with van der Waals surface area (Å²) in [5, 5.41) is 0. The van der Waals surface area contributed by atoms with Gasteiger partial charge in [-0.25, -0.2) is 12.6 Å². The zero-order chi connectivity index (χ0) is 17.9. The van der Waals surface area contributed by atoms with Gasteiger partial charge in [0.05, 0.1) is 22.2 Å². The third-order valence-corrected chi connectivity index (χ3v) is 5.75. The number of hydrogen-bond acceptors (Lipinski definition) is 8. The van der Waals surface area contributed by atoms with Crippen LogP contribution in [0.15, 0.2) is 28.0 Å². The fourth-order valence-electron chi connectivity index (χ4n) is 1.70. The highest BCUT2D eigenvalue weighted by Crippen LogP contribution is 2.22. The third-order valence-electron chi connectivity index (χ3n) is 2.67. The first-order valence-corrected chi connectivity index (χ1v) is 10.5. The van der Waals surface area contributed by atoms with Gasteiger partial charge in [-0.1, -0.05) is 6.07 Å². The van der Waals surface area contributed by atoms with Crippen molar-refractivity contribution in [2.45, 2.75) is 16.2 Å². The Hall–Kier alpha value is -1.09. The molecule has 23 heavy (non-hydrogen) atoms. The summed E-state index contributed by atoms with van der Waals surface area (Å²) in [6.45, 7) is -0.774. The first kappa shape index (κ1) is 20.0. The molecule has 1 rings (SSSR count). The van der Waals surface area contributed by atoms with E-state index < -0.39 is 52.5 Å². The maximum atomic E-state index is 12.0. The minimum atomic E-state index is -4.79. The lowest BCUT2D eigenvalue weighted by Crippen LogP contribution is -2.16. The van der Waals surface area contributed by atoms with E-state index in [1.54, 1.807) is 0 Å². The van der Waals surface area contributed by atoms with Crippen molar-refractivity contribution in [3.05, 3.63) is 23.8 Å². The number of nitrogens with two attached hydrogens (primary N) is 1. The fraction of sp³-hybridized carbons (Fsp3) is 0.400. The molecule has 13 heteroatoms. The summed E-state index contributed by atoms with van der Waals surface area (Å²) in [4.78, 5) is -1.05. The molecular formula is C10H15NO9S3. The Balaban J connectivity index is 3.18. The van der Waals surface area contributed by atoms with Crippen molar-refractivity contribution in [1.82, 2.24) is 0 Å². The van der Waals surface area contributed by atoms with Gasteiger partial charge in [-0.05, 0) is 30.7 Å². The molecule has 132 valence electrons. The second kappa shape index (κ2) is 7.21. The van der Waals surface area contributed by atoms with E-state index in [1.807, 2.05) is 0 Å². The van der Waals surface area contributed by atoms with Gasteiger partial charge < -0.3 is 5.73 Å². The molecule has 0 unspecified atom stereocenters. The minimum absolute atomic E-state index is 0.0802. The van der Waals surface area contributed by atoms with Gasteiger partial charge >= 0.3 is 10.4 Å². The normalized spacial score (nSPS) is 13.2. The summed E-state index contributed by atoms with van der Waals surface area (Å²) in [7, 11) is -13.6. The Morgan fingerprint density at radius 3 is 2.13 bits per heavy atom. The van der Waals surface area contributed by atoms with Crippen LogP contribution in [0.3, 0.4) is 0 Å². The van der Waals surface area contributed by atoms with E-state index in [0.717, 1.165) is 12.1 Å². The summed E-state index contributed by atoms with van der Waals surface area (Å²) >= 11 is 0. The van der Waals surface area contributed by atoms with Crippen LogP contribution in [0.5, 0.6) is 0 Å². The number of benzene rings is 1. The molecule has 1 aromatic carbocycles. The van der Waals surface area contributed by atoms with Crippen LogP contribution >= 0.6 is 0 Å². The molecule has 0 aliphatic heterocycles. The highest BCUT2D eigenvalue weighted by molar-refractivity contribution is 7.91. The Morgan fingerprint density at radius 1 is 1.04 bits per heavy atom. The molecule has 0 radical (unpaired) electrons. The summed E-state index contributed by atoms with van der Waals surface area (Å²) in [5.41, 5.74) is 5.45.